The Labute approximate surface area is 112 Å². The van der Waals surface area contributed by atoms with Gasteiger partial charge >= 0.3 is 0 Å². The van der Waals surface area contributed by atoms with Gasteiger partial charge in [0, 0.05) is 22.4 Å². The summed E-state index contributed by atoms with van der Waals surface area (Å²) >= 11 is 8.32. The molecule has 0 bridgehead atoms. The first kappa shape index (κ1) is 13.1. The summed E-state index contributed by atoms with van der Waals surface area (Å²) in [4.78, 5) is 0. The lowest BCUT2D eigenvalue weighted by Crippen LogP contribution is -2.25. The molecule has 4 heteroatoms. The second-order valence-corrected chi connectivity index (χ2v) is 5.84. The topological polar surface area (TPSA) is 21.3 Å². The van der Waals surface area contributed by atoms with E-state index >= 15 is 0 Å². The van der Waals surface area contributed by atoms with Gasteiger partial charge in [0.2, 0.25) is 0 Å². The Hall–Kier alpha value is -0.380. The molecule has 0 aliphatic carbocycles. The average molecular weight is 272 g/mol. The number of ether oxygens (including phenoxy) is 1. The summed E-state index contributed by atoms with van der Waals surface area (Å²) in [5, 5.41) is 4.23. The minimum absolute atomic E-state index is 0.308. The van der Waals surface area contributed by atoms with Gasteiger partial charge in [0.25, 0.3) is 0 Å². The van der Waals surface area contributed by atoms with Crippen LogP contribution in [0.2, 0.25) is 5.02 Å². The maximum Gasteiger partial charge on any atom is 0.123 e. The van der Waals surface area contributed by atoms with Crippen molar-refractivity contribution >= 4 is 23.4 Å². The van der Waals surface area contributed by atoms with Crippen molar-refractivity contribution < 1.29 is 4.74 Å². The van der Waals surface area contributed by atoms with Crippen molar-refractivity contribution in [2.75, 3.05) is 19.9 Å². The zero-order valence-electron chi connectivity index (χ0n) is 10.4. The summed E-state index contributed by atoms with van der Waals surface area (Å²) in [5.41, 5.74) is 2.46. The van der Waals surface area contributed by atoms with E-state index in [0.717, 1.165) is 22.3 Å². The molecule has 2 atom stereocenters. The molecule has 0 fully saturated rings. The molecule has 1 aromatic carbocycles. The van der Waals surface area contributed by atoms with Crippen LogP contribution in [0.5, 0.6) is 5.75 Å². The molecule has 17 heavy (non-hydrogen) atoms. The molecule has 0 radical (unpaired) electrons. The highest BCUT2D eigenvalue weighted by atomic mass is 35.5. The molecular weight excluding hydrogens is 254 g/mol. The van der Waals surface area contributed by atoms with E-state index in [2.05, 4.69) is 12.2 Å². The maximum absolute atomic E-state index is 6.38. The summed E-state index contributed by atoms with van der Waals surface area (Å²) in [6, 6.07) is 4.21. The quantitative estimate of drug-likeness (QED) is 0.890. The number of fused-ring (bicyclic) bond motifs is 1. The zero-order valence-corrected chi connectivity index (χ0v) is 12.0. The summed E-state index contributed by atoms with van der Waals surface area (Å²) < 4.78 is 5.45. The number of thioether (sulfide) groups is 1. The van der Waals surface area contributed by atoms with Gasteiger partial charge in [-0.05, 0) is 36.4 Å². The Kier molecular flexibility index (Phi) is 4.23. The van der Waals surface area contributed by atoms with Crippen LogP contribution in [0.15, 0.2) is 12.1 Å². The molecule has 1 aliphatic rings. The Morgan fingerprint density at radius 2 is 2.24 bits per heavy atom. The van der Waals surface area contributed by atoms with E-state index in [4.69, 9.17) is 16.3 Å². The maximum atomic E-state index is 6.38. The van der Waals surface area contributed by atoms with Gasteiger partial charge in [-0.25, -0.2) is 0 Å². The normalized spacial score (nSPS) is 24.0. The third kappa shape index (κ3) is 2.42. The van der Waals surface area contributed by atoms with Gasteiger partial charge in [0.05, 0.1) is 7.11 Å². The fraction of sp³-hybridized carbons (Fsp3) is 0.538. The number of hydrogen-bond acceptors (Lipinski definition) is 3. The van der Waals surface area contributed by atoms with Gasteiger partial charge in [-0.15, -0.1) is 0 Å². The first-order valence-corrected chi connectivity index (χ1v) is 7.32. The summed E-state index contributed by atoms with van der Waals surface area (Å²) in [5.74, 6) is 3.63. The van der Waals surface area contributed by atoms with E-state index < -0.39 is 0 Å². The lowest BCUT2D eigenvalue weighted by molar-refractivity contribution is 0.406. The first-order chi connectivity index (χ1) is 8.19. The van der Waals surface area contributed by atoms with Crippen molar-refractivity contribution in [2.24, 2.45) is 5.92 Å². The molecule has 2 unspecified atom stereocenters. The standard InChI is InChI=1S/C13H18ClNOS/c1-8-6-17-7-9-11(16-3)5-4-10(14)12(9)13(8)15-2/h4-5,8,13,15H,6-7H2,1-3H3. The van der Waals surface area contributed by atoms with Crippen LogP contribution in [-0.2, 0) is 5.75 Å². The Bertz CT molecular complexity index is 411. The van der Waals surface area contributed by atoms with Crippen molar-refractivity contribution in [1.29, 1.82) is 0 Å². The van der Waals surface area contributed by atoms with Gasteiger partial charge in [-0.1, -0.05) is 18.5 Å². The molecule has 1 aliphatic heterocycles. The largest absolute Gasteiger partial charge is 0.496 e. The smallest absolute Gasteiger partial charge is 0.123 e. The highest BCUT2D eigenvalue weighted by Crippen LogP contribution is 2.41. The number of benzene rings is 1. The van der Waals surface area contributed by atoms with Crippen LogP contribution < -0.4 is 10.1 Å². The Morgan fingerprint density at radius 3 is 2.88 bits per heavy atom. The molecule has 0 saturated heterocycles. The minimum atomic E-state index is 0.308. The Balaban J connectivity index is 2.57. The second kappa shape index (κ2) is 5.51. The number of rotatable bonds is 2. The van der Waals surface area contributed by atoms with Crippen LogP contribution in [0, 0.1) is 5.92 Å². The van der Waals surface area contributed by atoms with Crippen molar-refractivity contribution in [3.63, 3.8) is 0 Å². The fourth-order valence-electron chi connectivity index (χ4n) is 2.45. The van der Waals surface area contributed by atoms with Crippen LogP contribution in [0.4, 0.5) is 0 Å². The van der Waals surface area contributed by atoms with Crippen molar-refractivity contribution in [2.45, 2.75) is 18.7 Å². The molecule has 94 valence electrons. The van der Waals surface area contributed by atoms with Crippen LogP contribution in [0.3, 0.4) is 0 Å². The number of nitrogens with one attached hydrogen (secondary N) is 1. The van der Waals surface area contributed by atoms with E-state index in [-0.39, 0.29) is 0 Å². The second-order valence-electron chi connectivity index (χ2n) is 4.40. The van der Waals surface area contributed by atoms with Gasteiger partial charge in [0.15, 0.2) is 0 Å². The van der Waals surface area contributed by atoms with E-state index in [1.807, 2.05) is 30.9 Å². The SMILES string of the molecule is CNC1c2c(Cl)ccc(OC)c2CSCC1C. The summed E-state index contributed by atoms with van der Waals surface area (Å²) in [6.07, 6.45) is 0. The van der Waals surface area contributed by atoms with Crippen LogP contribution in [0.25, 0.3) is 0 Å². The highest BCUT2D eigenvalue weighted by Gasteiger charge is 2.27. The van der Waals surface area contributed by atoms with Crippen LogP contribution >= 0.6 is 23.4 Å². The molecule has 1 N–H and O–H groups in total. The van der Waals surface area contributed by atoms with Crippen LogP contribution in [-0.4, -0.2) is 19.9 Å². The third-order valence-electron chi connectivity index (χ3n) is 3.30. The number of hydrogen-bond donors (Lipinski definition) is 1. The molecule has 1 aromatic rings. The van der Waals surface area contributed by atoms with E-state index in [0.29, 0.717) is 12.0 Å². The van der Waals surface area contributed by atoms with Gasteiger partial charge < -0.3 is 10.1 Å². The van der Waals surface area contributed by atoms with E-state index in [9.17, 15) is 0 Å². The molecule has 2 rings (SSSR count). The minimum Gasteiger partial charge on any atom is -0.496 e. The Morgan fingerprint density at radius 1 is 1.47 bits per heavy atom. The predicted molar refractivity (Wildman–Crippen MR) is 75.1 cm³/mol. The number of halogens is 1. The lowest BCUT2D eigenvalue weighted by atomic mass is 9.92. The molecule has 0 spiro atoms. The van der Waals surface area contributed by atoms with Crippen LogP contribution in [0.1, 0.15) is 24.1 Å². The average Bonchev–Trinajstić information content (AvgIpc) is 2.49. The zero-order chi connectivity index (χ0) is 12.4. The number of methoxy groups -OCH3 is 1. The van der Waals surface area contributed by atoms with Crippen molar-refractivity contribution in [3.8, 4) is 5.75 Å². The van der Waals surface area contributed by atoms with Gasteiger partial charge in [-0.2, -0.15) is 11.8 Å². The van der Waals surface area contributed by atoms with E-state index in [1.54, 1.807) is 7.11 Å². The fourth-order valence-corrected chi connectivity index (χ4v) is 3.93. The monoisotopic (exact) mass is 271 g/mol. The van der Waals surface area contributed by atoms with E-state index in [1.165, 1.54) is 11.1 Å². The van der Waals surface area contributed by atoms with Crippen molar-refractivity contribution in [3.05, 3.63) is 28.3 Å². The molecule has 2 nitrogen and oxygen atoms in total. The highest BCUT2D eigenvalue weighted by molar-refractivity contribution is 7.98. The third-order valence-corrected chi connectivity index (χ3v) is 4.88. The molecule has 0 saturated carbocycles. The molecule has 1 heterocycles. The first-order valence-electron chi connectivity index (χ1n) is 5.79. The lowest BCUT2D eigenvalue weighted by Gasteiger charge is -2.24. The molecular formula is C13H18ClNOS. The summed E-state index contributed by atoms with van der Waals surface area (Å²) in [6.45, 7) is 2.26. The molecule has 0 aromatic heterocycles. The molecule has 0 amide bonds. The van der Waals surface area contributed by atoms with Crippen molar-refractivity contribution in [1.82, 2.24) is 5.32 Å². The summed E-state index contributed by atoms with van der Waals surface area (Å²) in [7, 11) is 3.72. The van der Waals surface area contributed by atoms with Gasteiger partial charge in [0.1, 0.15) is 5.75 Å². The van der Waals surface area contributed by atoms with Gasteiger partial charge in [-0.3, -0.25) is 0 Å². The predicted octanol–water partition coefficient (Wildman–Crippen LogP) is 3.49.